The van der Waals surface area contributed by atoms with E-state index in [0.717, 1.165) is 7.11 Å². The molecule has 0 rings (SSSR count). The van der Waals surface area contributed by atoms with Crippen LogP contribution in [0.15, 0.2) is 0 Å². The fourth-order valence-corrected chi connectivity index (χ4v) is 1.17. The van der Waals surface area contributed by atoms with E-state index in [0.29, 0.717) is 0 Å². The molecular formula is C5H9N3O4S. The molecular weight excluding hydrogens is 198 g/mol. The third kappa shape index (κ3) is 5.89. The third-order valence-corrected chi connectivity index (χ3v) is 1.95. The fraction of sp³-hybridized carbons (Fsp3) is 0.600. The molecule has 0 aliphatic heterocycles. The molecule has 0 aromatic carbocycles. The molecule has 0 bridgehead atoms. The summed E-state index contributed by atoms with van der Waals surface area (Å²) in [5.74, 6) is 0. The lowest BCUT2D eigenvalue weighted by Crippen LogP contribution is -2.40. The Kier molecular flexibility index (Phi) is 4.79. The molecule has 0 aliphatic carbocycles. The number of rotatable bonds is 4. The lowest BCUT2D eigenvalue weighted by atomic mass is 10.5. The smallest absolute Gasteiger partial charge is 0.421 e. The van der Waals surface area contributed by atoms with Gasteiger partial charge in [0.2, 0.25) is 0 Å². The topological polar surface area (TPSA) is 108 Å². The summed E-state index contributed by atoms with van der Waals surface area (Å²) in [6.07, 6.45) is -1.05. The van der Waals surface area contributed by atoms with Crippen molar-refractivity contribution in [2.75, 3.05) is 13.7 Å². The maximum atomic E-state index is 10.8. The van der Waals surface area contributed by atoms with Gasteiger partial charge >= 0.3 is 16.3 Å². The molecule has 0 atom stereocenters. The number of nitrogens with zero attached hydrogens (tertiary/aromatic N) is 1. The number of carbonyl (C=O) groups excluding carboxylic acids is 1. The second kappa shape index (κ2) is 5.34. The molecule has 0 saturated carbocycles. The summed E-state index contributed by atoms with van der Waals surface area (Å²) in [6, 6.07) is 1.74. The van der Waals surface area contributed by atoms with Crippen molar-refractivity contribution in [3.8, 4) is 6.07 Å². The highest BCUT2D eigenvalue weighted by atomic mass is 32.2. The van der Waals surface area contributed by atoms with E-state index >= 15 is 0 Å². The number of methoxy groups -OCH3 is 1. The predicted octanol–water partition coefficient (Wildman–Crippen LogP) is -0.910. The molecule has 7 nitrogen and oxygen atoms in total. The first kappa shape index (κ1) is 11.7. The molecule has 0 aliphatic rings. The van der Waals surface area contributed by atoms with Crippen LogP contribution in [0.1, 0.15) is 6.42 Å². The summed E-state index contributed by atoms with van der Waals surface area (Å²) >= 11 is 0. The van der Waals surface area contributed by atoms with Gasteiger partial charge in [-0.3, -0.25) is 0 Å². The number of amides is 1. The van der Waals surface area contributed by atoms with E-state index < -0.39 is 16.3 Å². The van der Waals surface area contributed by atoms with Crippen LogP contribution in [0.3, 0.4) is 0 Å². The molecule has 0 aromatic rings. The van der Waals surface area contributed by atoms with Crippen LogP contribution < -0.4 is 9.44 Å². The first-order valence-electron chi connectivity index (χ1n) is 3.24. The Morgan fingerprint density at radius 1 is 1.62 bits per heavy atom. The van der Waals surface area contributed by atoms with Crippen molar-refractivity contribution in [2.24, 2.45) is 0 Å². The monoisotopic (exact) mass is 207 g/mol. The molecule has 1 amide bonds. The molecule has 0 heterocycles. The number of nitriles is 1. The molecule has 0 radical (unpaired) electrons. The molecule has 0 unspecified atom stereocenters. The van der Waals surface area contributed by atoms with E-state index in [2.05, 4.69) is 4.74 Å². The van der Waals surface area contributed by atoms with Crippen molar-refractivity contribution in [3.63, 3.8) is 0 Å². The number of carbonyl (C=O) groups is 1. The van der Waals surface area contributed by atoms with E-state index in [1.54, 1.807) is 10.8 Å². The number of hydrogen-bond donors (Lipinski definition) is 2. The van der Waals surface area contributed by atoms with Gasteiger partial charge in [0.15, 0.2) is 0 Å². The quantitative estimate of drug-likeness (QED) is 0.580. The van der Waals surface area contributed by atoms with Crippen LogP contribution in [-0.2, 0) is 14.9 Å². The van der Waals surface area contributed by atoms with Gasteiger partial charge in [0.05, 0.1) is 13.2 Å². The molecule has 13 heavy (non-hydrogen) atoms. The Bertz CT molecular complexity index is 304. The van der Waals surface area contributed by atoms with Crippen molar-refractivity contribution >= 4 is 16.3 Å². The van der Waals surface area contributed by atoms with Gasteiger partial charge in [-0.15, -0.1) is 0 Å². The summed E-state index contributed by atoms with van der Waals surface area (Å²) in [5, 5.41) is 8.09. The molecule has 8 heteroatoms. The predicted molar refractivity (Wildman–Crippen MR) is 42.7 cm³/mol. The number of nitrogens with one attached hydrogen (secondary N) is 2. The minimum absolute atomic E-state index is 0.0298. The van der Waals surface area contributed by atoms with Crippen molar-refractivity contribution in [1.29, 1.82) is 5.26 Å². The van der Waals surface area contributed by atoms with Crippen LogP contribution in [0.4, 0.5) is 4.79 Å². The van der Waals surface area contributed by atoms with Crippen molar-refractivity contribution in [2.45, 2.75) is 6.42 Å². The van der Waals surface area contributed by atoms with Crippen LogP contribution in [0.2, 0.25) is 0 Å². The van der Waals surface area contributed by atoms with Gasteiger partial charge in [-0.05, 0) is 0 Å². The zero-order valence-electron chi connectivity index (χ0n) is 6.90. The Morgan fingerprint density at radius 2 is 2.23 bits per heavy atom. The maximum absolute atomic E-state index is 10.8. The molecule has 74 valence electrons. The summed E-state index contributed by atoms with van der Waals surface area (Å²) in [7, 11) is -2.85. The maximum Gasteiger partial charge on any atom is 0.421 e. The number of hydrogen-bond acceptors (Lipinski definition) is 5. The average Bonchev–Trinajstić information content (AvgIpc) is 2.03. The minimum Gasteiger partial charge on any atom is -0.452 e. The van der Waals surface area contributed by atoms with Crippen molar-refractivity contribution in [1.82, 2.24) is 9.44 Å². The molecule has 2 N–H and O–H groups in total. The summed E-state index contributed by atoms with van der Waals surface area (Å²) in [5.41, 5.74) is 0. The zero-order valence-corrected chi connectivity index (χ0v) is 7.72. The van der Waals surface area contributed by atoms with Crippen LogP contribution in [0, 0.1) is 11.3 Å². The van der Waals surface area contributed by atoms with Crippen LogP contribution in [-0.4, -0.2) is 28.2 Å². The highest BCUT2D eigenvalue weighted by molar-refractivity contribution is 7.88. The number of ether oxygens (including phenoxy) is 1. The first-order chi connectivity index (χ1) is 6.02. The van der Waals surface area contributed by atoms with Crippen LogP contribution >= 0.6 is 0 Å². The van der Waals surface area contributed by atoms with Crippen molar-refractivity contribution in [3.05, 3.63) is 0 Å². The van der Waals surface area contributed by atoms with Gasteiger partial charge in [0.1, 0.15) is 0 Å². The Balaban J connectivity index is 3.96. The second-order valence-corrected chi connectivity index (χ2v) is 3.40. The average molecular weight is 207 g/mol. The van der Waals surface area contributed by atoms with E-state index in [1.165, 1.54) is 0 Å². The van der Waals surface area contributed by atoms with E-state index in [-0.39, 0.29) is 13.0 Å². The van der Waals surface area contributed by atoms with Gasteiger partial charge < -0.3 is 4.74 Å². The summed E-state index contributed by atoms with van der Waals surface area (Å²) in [6.45, 7) is -0.0528. The Morgan fingerprint density at radius 3 is 2.69 bits per heavy atom. The normalized spacial score (nSPS) is 10.2. The lowest BCUT2D eigenvalue weighted by Gasteiger charge is -2.04. The van der Waals surface area contributed by atoms with Crippen LogP contribution in [0.5, 0.6) is 0 Å². The van der Waals surface area contributed by atoms with Gasteiger partial charge in [0.25, 0.3) is 0 Å². The van der Waals surface area contributed by atoms with Gasteiger partial charge in [-0.2, -0.15) is 18.4 Å². The van der Waals surface area contributed by atoms with E-state index in [9.17, 15) is 13.2 Å². The Hall–Kier alpha value is -1.33. The molecule has 0 fully saturated rings. The molecule has 0 saturated heterocycles. The second-order valence-electron chi connectivity index (χ2n) is 1.90. The van der Waals surface area contributed by atoms with Gasteiger partial charge in [-0.25, -0.2) is 9.52 Å². The standard InChI is InChI=1S/C5H9N3O4S/c1-12-5(9)8-13(10,11)7-4-2-3-6/h7H,2,4H2,1H3,(H,8,9). The first-order valence-corrected chi connectivity index (χ1v) is 4.72. The highest BCUT2D eigenvalue weighted by Crippen LogP contribution is 1.81. The summed E-state index contributed by atoms with van der Waals surface area (Å²) < 4.78 is 29.3. The van der Waals surface area contributed by atoms with E-state index in [4.69, 9.17) is 5.26 Å². The minimum atomic E-state index is -3.89. The van der Waals surface area contributed by atoms with Crippen LogP contribution in [0.25, 0.3) is 0 Å². The summed E-state index contributed by atoms with van der Waals surface area (Å²) in [4.78, 5) is 10.4. The fourth-order valence-electron chi connectivity index (χ4n) is 0.429. The van der Waals surface area contributed by atoms with Crippen molar-refractivity contribution < 1.29 is 17.9 Å². The lowest BCUT2D eigenvalue weighted by molar-refractivity contribution is 0.177. The SMILES string of the molecule is COC(=O)NS(=O)(=O)NCCC#N. The molecule has 0 aromatic heterocycles. The van der Waals surface area contributed by atoms with Gasteiger partial charge in [0, 0.05) is 13.0 Å². The highest BCUT2D eigenvalue weighted by Gasteiger charge is 2.12. The third-order valence-electron chi connectivity index (χ3n) is 0.932. The zero-order chi connectivity index (χ0) is 10.3. The van der Waals surface area contributed by atoms with E-state index in [1.807, 2.05) is 4.72 Å². The molecule has 0 spiro atoms. The van der Waals surface area contributed by atoms with Gasteiger partial charge in [-0.1, -0.05) is 0 Å². The Labute approximate surface area is 75.9 Å². The largest absolute Gasteiger partial charge is 0.452 e.